The molecule has 0 radical (unpaired) electrons. The Bertz CT molecular complexity index is 834. The number of hydrogen-bond acceptors (Lipinski definition) is 3. The zero-order valence-corrected chi connectivity index (χ0v) is 15.2. The van der Waals surface area contributed by atoms with Gasteiger partial charge in [-0.15, -0.1) is 11.8 Å². The first kappa shape index (κ1) is 16.9. The molecule has 3 rings (SSSR count). The monoisotopic (exact) mass is 346 g/mol. The van der Waals surface area contributed by atoms with Gasteiger partial charge in [-0.2, -0.15) is 0 Å². The summed E-state index contributed by atoms with van der Waals surface area (Å²) in [6.07, 6.45) is 3.05. The van der Waals surface area contributed by atoms with Gasteiger partial charge in [0.2, 0.25) is 5.78 Å². The summed E-state index contributed by atoms with van der Waals surface area (Å²) >= 11 is 1.59. The maximum Gasteiger partial charge on any atom is 0.315 e. The number of aliphatic carboxylic acids is 1. The van der Waals surface area contributed by atoms with E-state index in [0.29, 0.717) is 30.8 Å². The minimum absolute atomic E-state index is 0.0427. The van der Waals surface area contributed by atoms with Crippen molar-refractivity contribution in [3.63, 3.8) is 0 Å². The molecular formula is C18H22N2O3S. The summed E-state index contributed by atoms with van der Waals surface area (Å²) in [5.41, 5.74) is 1.99. The van der Waals surface area contributed by atoms with E-state index in [4.69, 9.17) is 0 Å². The Morgan fingerprint density at radius 3 is 2.62 bits per heavy atom. The zero-order chi connectivity index (χ0) is 17.6. The molecule has 128 valence electrons. The predicted octanol–water partition coefficient (Wildman–Crippen LogP) is 3.22. The van der Waals surface area contributed by atoms with Crippen LogP contribution in [-0.4, -0.2) is 32.2 Å². The third kappa shape index (κ3) is 2.16. The van der Waals surface area contributed by atoms with Crippen LogP contribution >= 0.6 is 11.8 Å². The van der Waals surface area contributed by atoms with Gasteiger partial charge < -0.3 is 14.2 Å². The smallest absolute Gasteiger partial charge is 0.315 e. The lowest BCUT2D eigenvalue weighted by Crippen LogP contribution is -2.32. The minimum atomic E-state index is -0.873. The van der Waals surface area contributed by atoms with Crippen LogP contribution in [-0.2, 0) is 23.8 Å². The molecule has 1 aliphatic rings. The van der Waals surface area contributed by atoms with Crippen LogP contribution in [0.4, 0.5) is 0 Å². The summed E-state index contributed by atoms with van der Waals surface area (Å²) in [5.74, 6) is -0.845. The molecule has 0 bridgehead atoms. The van der Waals surface area contributed by atoms with Crippen molar-refractivity contribution in [3.8, 4) is 0 Å². The van der Waals surface area contributed by atoms with Crippen molar-refractivity contribution in [2.24, 2.45) is 7.05 Å². The normalized spacial score (nSPS) is 19.5. The summed E-state index contributed by atoms with van der Waals surface area (Å²) in [7, 11) is 1.88. The molecule has 5 nitrogen and oxygen atoms in total. The van der Waals surface area contributed by atoms with Crippen molar-refractivity contribution in [1.29, 1.82) is 0 Å². The van der Waals surface area contributed by atoms with Crippen molar-refractivity contribution in [1.82, 2.24) is 9.13 Å². The third-order valence-corrected chi connectivity index (χ3v) is 6.11. The summed E-state index contributed by atoms with van der Waals surface area (Å²) in [6.45, 7) is 4.36. The van der Waals surface area contributed by atoms with Gasteiger partial charge in [-0.05, 0) is 49.8 Å². The second-order valence-electron chi connectivity index (χ2n) is 6.35. The maximum absolute atomic E-state index is 13.1. The third-order valence-electron chi connectivity index (χ3n) is 5.29. The van der Waals surface area contributed by atoms with Crippen molar-refractivity contribution in [2.75, 3.05) is 6.26 Å². The van der Waals surface area contributed by atoms with E-state index >= 15 is 0 Å². The van der Waals surface area contributed by atoms with E-state index in [9.17, 15) is 14.7 Å². The van der Waals surface area contributed by atoms with Crippen molar-refractivity contribution < 1.29 is 14.7 Å². The van der Waals surface area contributed by atoms with Gasteiger partial charge in [-0.25, -0.2) is 0 Å². The van der Waals surface area contributed by atoms with Gasteiger partial charge >= 0.3 is 5.97 Å². The highest BCUT2D eigenvalue weighted by molar-refractivity contribution is 7.98. The molecule has 1 atom stereocenters. The number of ketones is 1. The van der Waals surface area contributed by atoms with Crippen LogP contribution in [0.15, 0.2) is 23.2 Å². The number of thioether (sulfide) groups is 1. The fraction of sp³-hybridized carbons (Fsp3) is 0.444. The second kappa shape index (κ2) is 5.84. The Morgan fingerprint density at radius 2 is 2.08 bits per heavy atom. The van der Waals surface area contributed by atoms with Crippen LogP contribution in [0.3, 0.4) is 0 Å². The van der Waals surface area contributed by atoms with E-state index in [-0.39, 0.29) is 5.78 Å². The topological polar surface area (TPSA) is 64.2 Å². The number of aromatic nitrogens is 2. The highest BCUT2D eigenvalue weighted by Gasteiger charge is 2.46. The molecule has 0 spiro atoms. The Kier molecular flexibility index (Phi) is 4.11. The summed E-state index contributed by atoms with van der Waals surface area (Å²) in [6, 6.07) is 5.66. The Hall–Kier alpha value is -1.95. The first-order valence-corrected chi connectivity index (χ1v) is 9.28. The number of carboxylic acids is 1. The molecular weight excluding hydrogens is 324 g/mol. The second-order valence-corrected chi connectivity index (χ2v) is 7.18. The summed E-state index contributed by atoms with van der Waals surface area (Å²) in [4.78, 5) is 25.0. The van der Waals surface area contributed by atoms with Gasteiger partial charge in [0.05, 0.1) is 16.4 Å². The Balaban J connectivity index is 2.12. The van der Waals surface area contributed by atoms with Crippen molar-refractivity contribution in [2.45, 2.75) is 43.7 Å². The van der Waals surface area contributed by atoms with E-state index in [2.05, 4.69) is 0 Å². The van der Waals surface area contributed by atoms with Gasteiger partial charge in [0.25, 0.3) is 0 Å². The highest BCUT2D eigenvalue weighted by Crippen LogP contribution is 2.41. The molecule has 0 saturated carbocycles. The molecule has 1 N–H and O–H groups in total. The number of nitrogens with zero attached hydrogens (tertiary/aromatic N) is 2. The first-order chi connectivity index (χ1) is 11.4. The first-order valence-electron chi connectivity index (χ1n) is 8.05. The Labute approximate surface area is 145 Å². The van der Waals surface area contributed by atoms with Gasteiger partial charge in [0.1, 0.15) is 5.41 Å². The van der Waals surface area contributed by atoms with Gasteiger partial charge in [0, 0.05) is 19.3 Å². The molecule has 0 aliphatic carbocycles. The van der Waals surface area contributed by atoms with Gasteiger partial charge in [-0.1, -0.05) is 6.92 Å². The number of carbonyl (C=O) groups is 2. The lowest BCUT2D eigenvalue weighted by Gasteiger charge is -2.21. The van der Waals surface area contributed by atoms with E-state index in [0.717, 1.165) is 16.3 Å². The average Bonchev–Trinajstić information content (AvgIpc) is 3.18. The highest BCUT2D eigenvalue weighted by atomic mass is 32.2. The molecule has 0 fully saturated rings. The molecule has 0 saturated heterocycles. The molecule has 1 aliphatic heterocycles. The molecule has 3 heterocycles. The van der Waals surface area contributed by atoms with E-state index in [1.807, 2.05) is 54.5 Å². The molecule has 0 amide bonds. The van der Waals surface area contributed by atoms with Crippen LogP contribution in [0.1, 0.15) is 47.2 Å². The number of hydrogen-bond donors (Lipinski definition) is 1. The molecule has 6 heteroatoms. The van der Waals surface area contributed by atoms with E-state index in [1.165, 1.54) is 0 Å². The fourth-order valence-corrected chi connectivity index (χ4v) is 4.39. The molecule has 2 aromatic heterocycles. The fourth-order valence-electron chi connectivity index (χ4n) is 3.82. The van der Waals surface area contributed by atoms with Crippen LogP contribution < -0.4 is 0 Å². The quantitative estimate of drug-likeness (QED) is 0.667. The number of carbonyl (C=O) groups excluding carboxylic acids is 1. The standard InChI is InChI=1S/C18H22N2O3S/c1-5-18(17(22)23)8-9-20-13(18)10-11(2)15(20)16(21)12-6-7-14(24-4)19(12)3/h6-7,10H,5,8-9H2,1-4H3,(H,22,23). The SMILES string of the molecule is CCC1(C(=O)O)CCn2c1cc(C)c2C(=O)c1ccc(SC)n1C. The Morgan fingerprint density at radius 1 is 1.38 bits per heavy atom. The minimum Gasteiger partial charge on any atom is -0.481 e. The zero-order valence-electron chi connectivity index (χ0n) is 14.4. The maximum atomic E-state index is 13.1. The predicted molar refractivity (Wildman–Crippen MR) is 94.0 cm³/mol. The average molecular weight is 346 g/mol. The van der Waals surface area contributed by atoms with Crippen LogP contribution in [0.5, 0.6) is 0 Å². The van der Waals surface area contributed by atoms with Crippen molar-refractivity contribution in [3.05, 3.63) is 40.8 Å². The summed E-state index contributed by atoms with van der Waals surface area (Å²) < 4.78 is 3.81. The lowest BCUT2D eigenvalue weighted by molar-refractivity contribution is -0.144. The number of aryl methyl sites for hydroxylation is 1. The van der Waals surface area contributed by atoms with Crippen molar-refractivity contribution >= 4 is 23.5 Å². The molecule has 1 unspecified atom stereocenters. The van der Waals surface area contributed by atoms with Gasteiger partial charge in [-0.3, -0.25) is 9.59 Å². The molecule has 0 aromatic carbocycles. The van der Waals surface area contributed by atoms with Crippen LogP contribution in [0.25, 0.3) is 0 Å². The van der Waals surface area contributed by atoms with Crippen LogP contribution in [0, 0.1) is 6.92 Å². The molecule has 24 heavy (non-hydrogen) atoms. The van der Waals surface area contributed by atoms with Crippen LogP contribution in [0.2, 0.25) is 0 Å². The van der Waals surface area contributed by atoms with Gasteiger partial charge in [0.15, 0.2) is 0 Å². The lowest BCUT2D eigenvalue weighted by atomic mass is 9.81. The number of fused-ring (bicyclic) bond motifs is 1. The molecule has 2 aromatic rings. The summed E-state index contributed by atoms with van der Waals surface area (Å²) in [5, 5.41) is 10.8. The number of rotatable bonds is 5. The van der Waals surface area contributed by atoms with E-state index < -0.39 is 11.4 Å². The van der Waals surface area contributed by atoms with E-state index in [1.54, 1.807) is 11.8 Å². The number of carboxylic acid groups (broad SMARTS) is 1. The largest absolute Gasteiger partial charge is 0.481 e.